The average molecular weight is 352 g/mol. The van der Waals surface area contributed by atoms with Crippen LogP contribution in [-0.4, -0.2) is 40.7 Å². The summed E-state index contributed by atoms with van der Waals surface area (Å²) in [6.45, 7) is -1.23. The van der Waals surface area contributed by atoms with E-state index in [0.29, 0.717) is 15.9 Å². The second kappa shape index (κ2) is 5.01. The van der Waals surface area contributed by atoms with Gasteiger partial charge in [0.05, 0.1) is 28.9 Å². The number of hydrogen-bond donors (Lipinski definition) is 1. The Kier molecular flexibility index (Phi) is 3.11. The molecule has 25 heavy (non-hydrogen) atoms. The molecule has 1 N–H and O–H groups in total. The van der Waals surface area contributed by atoms with Gasteiger partial charge in [-0.15, -0.1) is 10.2 Å². The van der Waals surface area contributed by atoms with Gasteiger partial charge in [0, 0.05) is 17.8 Å². The van der Waals surface area contributed by atoms with E-state index in [0.717, 1.165) is 12.3 Å². The topological polar surface area (TPSA) is 98.2 Å². The highest BCUT2D eigenvalue weighted by Gasteiger charge is 2.49. The molecule has 1 aliphatic rings. The summed E-state index contributed by atoms with van der Waals surface area (Å²) in [7, 11) is 0. The molecule has 3 aromatic rings. The number of aromatic nitrogens is 6. The first-order valence-corrected chi connectivity index (χ1v) is 7.29. The molecular weight excluding hydrogens is 341 g/mol. The number of alkyl halides is 2. The van der Waals surface area contributed by atoms with Crippen molar-refractivity contribution in [3.05, 3.63) is 41.4 Å². The van der Waals surface area contributed by atoms with Crippen LogP contribution in [0.3, 0.4) is 0 Å². The number of rotatable bonds is 3. The standard InChI is InChI=1S/C14H11F3N6O2/c1-14(8-5-22(13(16)17)21-19-8)3-6(12(24)25)7-4-18-10-2-9(15)20-23(10)11(7)14/h2,4-6,13H,3H2,1H3,(H,24,25). The average Bonchev–Trinajstić information content (AvgIpc) is 3.22. The zero-order valence-electron chi connectivity index (χ0n) is 12.8. The van der Waals surface area contributed by atoms with E-state index in [1.54, 1.807) is 6.92 Å². The van der Waals surface area contributed by atoms with Crippen molar-refractivity contribution in [2.75, 3.05) is 0 Å². The molecule has 8 nitrogen and oxygen atoms in total. The molecule has 11 heteroatoms. The first kappa shape index (κ1) is 15.5. The van der Waals surface area contributed by atoms with Gasteiger partial charge in [0.25, 0.3) is 0 Å². The Morgan fingerprint density at radius 1 is 1.48 bits per heavy atom. The minimum Gasteiger partial charge on any atom is -0.481 e. The molecule has 2 atom stereocenters. The number of halogens is 3. The van der Waals surface area contributed by atoms with Gasteiger partial charge < -0.3 is 5.11 Å². The molecule has 0 fully saturated rings. The van der Waals surface area contributed by atoms with Crippen LogP contribution in [0.1, 0.15) is 42.8 Å². The van der Waals surface area contributed by atoms with Crippen LogP contribution in [-0.2, 0) is 10.2 Å². The molecule has 0 saturated heterocycles. The fourth-order valence-electron chi connectivity index (χ4n) is 3.41. The van der Waals surface area contributed by atoms with Gasteiger partial charge >= 0.3 is 12.5 Å². The van der Waals surface area contributed by atoms with Gasteiger partial charge in [0.2, 0.25) is 5.95 Å². The predicted molar refractivity (Wildman–Crippen MR) is 75.7 cm³/mol. The maximum atomic E-state index is 13.6. The number of hydrogen-bond acceptors (Lipinski definition) is 5. The molecule has 0 spiro atoms. The van der Waals surface area contributed by atoms with Crippen LogP contribution in [0.15, 0.2) is 18.5 Å². The molecular formula is C14H11F3N6O2. The SMILES string of the molecule is CC1(c2cn(C(F)F)nn2)CC(C(=O)O)c2cnc3cc(F)nn3c21. The molecule has 4 rings (SSSR count). The Balaban J connectivity index is 1.99. The Hall–Kier alpha value is -2.98. The summed E-state index contributed by atoms with van der Waals surface area (Å²) in [5.74, 6) is -2.82. The highest BCUT2D eigenvalue weighted by atomic mass is 19.3. The van der Waals surface area contributed by atoms with Crippen molar-refractivity contribution in [3.63, 3.8) is 0 Å². The van der Waals surface area contributed by atoms with Crippen molar-refractivity contribution in [3.8, 4) is 0 Å². The fourth-order valence-corrected chi connectivity index (χ4v) is 3.41. The normalized spacial score (nSPS) is 22.7. The first-order valence-electron chi connectivity index (χ1n) is 7.29. The summed E-state index contributed by atoms with van der Waals surface area (Å²) in [6.07, 6.45) is 2.46. The number of carboxylic acid groups (broad SMARTS) is 1. The van der Waals surface area contributed by atoms with Crippen molar-refractivity contribution in [1.29, 1.82) is 0 Å². The molecule has 0 aliphatic heterocycles. The largest absolute Gasteiger partial charge is 0.481 e. The quantitative estimate of drug-likeness (QED) is 0.771. The number of aliphatic carboxylic acids is 1. The smallest absolute Gasteiger partial charge is 0.334 e. The van der Waals surface area contributed by atoms with Gasteiger partial charge in [-0.25, -0.2) is 9.50 Å². The number of nitrogens with zero attached hydrogens (tertiary/aromatic N) is 6. The molecule has 1 aliphatic carbocycles. The monoisotopic (exact) mass is 352 g/mol. The summed E-state index contributed by atoms with van der Waals surface area (Å²) >= 11 is 0. The summed E-state index contributed by atoms with van der Waals surface area (Å²) in [6, 6.07) is 1.10. The van der Waals surface area contributed by atoms with E-state index in [1.807, 2.05) is 0 Å². The summed E-state index contributed by atoms with van der Waals surface area (Å²) in [5.41, 5.74) is -0.0474. The summed E-state index contributed by atoms with van der Waals surface area (Å²) < 4.78 is 40.9. The summed E-state index contributed by atoms with van der Waals surface area (Å²) in [5, 5.41) is 20.4. The Morgan fingerprint density at radius 2 is 2.24 bits per heavy atom. The third-order valence-corrected chi connectivity index (χ3v) is 4.57. The van der Waals surface area contributed by atoms with E-state index in [9.17, 15) is 23.1 Å². The summed E-state index contributed by atoms with van der Waals surface area (Å²) in [4.78, 5) is 15.7. The maximum Gasteiger partial charge on any atom is 0.334 e. The van der Waals surface area contributed by atoms with E-state index < -0.39 is 29.8 Å². The van der Waals surface area contributed by atoms with Crippen molar-refractivity contribution in [1.82, 2.24) is 29.6 Å². The molecule has 0 bridgehead atoms. The van der Waals surface area contributed by atoms with Crippen molar-refractivity contribution >= 4 is 11.6 Å². The molecule has 0 saturated carbocycles. The van der Waals surface area contributed by atoms with Gasteiger partial charge in [-0.3, -0.25) is 4.79 Å². The van der Waals surface area contributed by atoms with Crippen molar-refractivity contribution in [2.45, 2.75) is 31.2 Å². The first-order chi connectivity index (χ1) is 11.8. The van der Waals surface area contributed by atoms with Crippen LogP contribution in [0, 0.1) is 5.95 Å². The highest BCUT2D eigenvalue weighted by molar-refractivity contribution is 5.79. The fraction of sp³-hybridized carbons (Fsp3) is 0.357. The molecule has 0 amide bonds. The third kappa shape index (κ3) is 2.11. The van der Waals surface area contributed by atoms with E-state index in [-0.39, 0.29) is 17.8 Å². The van der Waals surface area contributed by atoms with Crippen LogP contribution in [0.25, 0.3) is 5.65 Å². The van der Waals surface area contributed by atoms with Crippen LogP contribution >= 0.6 is 0 Å². The number of carbonyl (C=O) groups is 1. The second-order valence-electron chi connectivity index (χ2n) is 6.09. The van der Waals surface area contributed by atoms with Crippen LogP contribution in [0.5, 0.6) is 0 Å². The van der Waals surface area contributed by atoms with E-state index in [2.05, 4.69) is 20.4 Å². The van der Waals surface area contributed by atoms with E-state index in [1.165, 1.54) is 10.7 Å². The zero-order chi connectivity index (χ0) is 17.9. The Bertz CT molecular complexity index is 1000. The van der Waals surface area contributed by atoms with Crippen LogP contribution < -0.4 is 0 Å². The number of carboxylic acids is 1. The molecule has 3 heterocycles. The second-order valence-corrected chi connectivity index (χ2v) is 6.09. The Morgan fingerprint density at radius 3 is 2.88 bits per heavy atom. The predicted octanol–water partition coefficient (Wildman–Crippen LogP) is 1.73. The van der Waals surface area contributed by atoms with Gasteiger partial charge in [0.1, 0.15) is 0 Å². The number of fused-ring (bicyclic) bond motifs is 3. The molecule has 130 valence electrons. The molecule has 0 radical (unpaired) electrons. The third-order valence-electron chi connectivity index (χ3n) is 4.57. The van der Waals surface area contributed by atoms with Crippen molar-refractivity contribution in [2.24, 2.45) is 0 Å². The minimum absolute atomic E-state index is 0.0435. The van der Waals surface area contributed by atoms with Crippen LogP contribution in [0.2, 0.25) is 0 Å². The van der Waals surface area contributed by atoms with Crippen molar-refractivity contribution < 1.29 is 23.1 Å². The molecule has 0 aromatic carbocycles. The Labute approximate surface area is 137 Å². The lowest BCUT2D eigenvalue weighted by Gasteiger charge is -2.22. The van der Waals surface area contributed by atoms with Gasteiger partial charge in [-0.1, -0.05) is 5.21 Å². The lowest BCUT2D eigenvalue weighted by atomic mass is 9.83. The minimum atomic E-state index is -2.87. The molecule has 2 unspecified atom stereocenters. The lowest BCUT2D eigenvalue weighted by Crippen LogP contribution is -2.25. The molecule has 3 aromatic heterocycles. The zero-order valence-corrected chi connectivity index (χ0v) is 12.8. The van der Waals surface area contributed by atoms with Gasteiger partial charge in [-0.2, -0.15) is 17.9 Å². The van der Waals surface area contributed by atoms with Crippen LogP contribution in [0.4, 0.5) is 13.2 Å². The van der Waals surface area contributed by atoms with Gasteiger partial charge in [-0.05, 0) is 13.3 Å². The van der Waals surface area contributed by atoms with E-state index >= 15 is 0 Å². The van der Waals surface area contributed by atoms with E-state index in [4.69, 9.17) is 0 Å². The highest BCUT2D eigenvalue weighted by Crippen LogP contribution is 2.49. The van der Waals surface area contributed by atoms with Gasteiger partial charge in [0.15, 0.2) is 5.65 Å². The lowest BCUT2D eigenvalue weighted by molar-refractivity contribution is -0.138. The maximum absolute atomic E-state index is 13.6.